The molecule has 0 heterocycles. The minimum atomic E-state index is -0.0625. The number of rotatable bonds is 7. The Balaban J connectivity index is 1.89. The number of anilines is 1. The number of hydrogen-bond acceptors (Lipinski definition) is 4. The smallest absolute Gasteiger partial charge is 0.234 e. The van der Waals surface area contributed by atoms with Crippen LogP contribution in [0.5, 0.6) is 11.5 Å². The van der Waals surface area contributed by atoms with Crippen molar-refractivity contribution in [1.29, 1.82) is 0 Å². The second kappa shape index (κ2) is 8.34. The SMILES string of the molecule is COc1ccc(OC)c(NC(=O)CSCc2ccccc2)c1. The molecule has 5 heteroatoms. The Morgan fingerprint density at radius 2 is 1.86 bits per heavy atom. The molecular weight excluding hydrogens is 298 g/mol. The number of benzene rings is 2. The van der Waals surface area contributed by atoms with Gasteiger partial charge < -0.3 is 14.8 Å². The van der Waals surface area contributed by atoms with E-state index in [9.17, 15) is 4.79 Å². The first-order valence-electron chi connectivity index (χ1n) is 6.86. The van der Waals surface area contributed by atoms with Gasteiger partial charge in [0.15, 0.2) is 0 Å². The normalized spacial score (nSPS) is 10.1. The highest BCUT2D eigenvalue weighted by Gasteiger charge is 2.09. The van der Waals surface area contributed by atoms with Gasteiger partial charge in [0.05, 0.1) is 25.7 Å². The number of nitrogens with one attached hydrogen (secondary N) is 1. The van der Waals surface area contributed by atoms with Gasteiger partial charge in [-0.15, -0.1) is 11.8 Å². The first kappa shape index (κ1) is 16.2. The number of carbonyl (C=O) groups excluding carboxylic acids is 1. The molecule has 0 saturated heterocycles. The molecule has 0 aromatic heterocycles. The Bertz CT molecular complexity index is 617. The van der Waals surface area contributed by atoms with Crippen LogP contribution in [-0.4, -0.2) is 25.9 Å². The maximum absolute atomic E-state index is 12.0. The first-order valence-corrected chi connectivity index (χ1v) is 8.02. The first-order chi connectivity index (χ1) is 10.7. The van der Waals surface area contributed by atoms with Crippen molar-refractivity contribution in [3.63, 3.8) is 0 Å². The lowest BCUT2D eigenvalue weighted by Crippen LogP contribution is -2.15. The summed E-state index contributed by atoms with van der Waals surface area (Å²) in [5.74, 6) is 2.42. The van der Waals surface area contributed by atoms with Crippen molar-refractivity contribution in [3.8, 4) is 11.5 Å². The summed E-state index contributed by atoms with van der Waals surface area (Å²) in [5, 5.41) is 2.86. The second-order valence-corrected chi connectivity index (χ2v) is 5.58. The maximum atomic E-state index is 12.0. The fourth-order valence-corrected chi connectivity index (χ4v) is 2.72. The molecule has 2 aromatic carbocycles. The Morgan fingerprint density at radius 3 is 2.55 bits per heavy atom. The molecule has 0 bridgehead atoms. The fraction of sp³-hybridized carbons (Fsp3) is 0.235. The molecule has 0 aliphatic carbocycles. The minimum Gasteiger partial charge on any atom is -0.497 e. The average molecular weight is 317 g/mol. The van der Waals surface area contributed by atoms with E-state index in [0.29, 0.717) is 22.9 Å². The molecule has 2 rings (SSSR count). The van der Waals surface area contributed by atoms with Crippen molar-refractivity contribution in [3.05, 3.63) is 54.1 Å². The van der Waals surface area contributed by atoms with Gasteiger partial charge in [-0.25, -0.2) is 0 Å². The van der Waals surface area contributed by atoms with E-state index in [1.807, 2.05) is 18.2 Å². The summed E-state index contributed by atoms with van der Waals surface area (Å²) >= 11 is 1.57. The molecule has 0 radical (unpaired) electrons. The Labute approximate surface area is 134 Å². The summed E-state index contributed by atoms with van der Waals surface area (Å²) in [5.41, 5.74) is 1.83. The number of thioether (sulfide) groups is 1. The van der Waals surface area contributed by atoms with Gasteiger partial charge in [-0.2, -0.15) is 0 Å². The van der Waals surface area contributed by atoms with Gasteiger partial charge in [0.1, 0.15) is 11.5 Å². The van der Waals surface area contributed by atoms with E-state index in [4.69, 9.17) is 9.47 Å². The molecule has 0 unspecified atom stereocenters. The quantitative estimate of drug-likeness (QED) is 0.848. The molecule has 116 valence electrons. The summed E-state index contributed by atoms with van der Waals surface area (Å²) in [6, 6.07) is 15.4. The van der Waals surface area contributed by atoms with Crippen LogP contribution in [0.1, 0.15) is 5.56 Å². The van der Waals surface area contributed by atoms with Crippen LogP contribution in [0.15, 0.2) is 48.5 Å². The van der Waals surface area contributed by atoms with Crippen molar-refractivity contribution in [1.82, 2.24) is 0 Å². The van der Waals surface area contributed by atoms with Crippen LogP contribution in [0, 0.1) is 0 Å². The summed E-state index contributed by atoms with van der Waals surface area (Å²) in [4.78, 5) is 12.0. The van der Waals surface area contributed by atoms with E-state index in [2.05, 4.69) is 17.4 Å². The van der Waals surface area contributed by atoms with Crippen LogP contribution in [0.25, 0.3) is 0 Å². The highest BCUT2D eigenvalue weighted by molar-refractivity contribution is 7.99. The summed E-state index contributed by atoms with van der Waals surface area (Å²) in [6.07, 6.45) is 0. The third kappa shape index (κ3) is 4.70. The van der Waals surface area contributed by atoms with Crippen molar-refractivity contribution in [2.45, 2.75) is 5.75 Å². The molecule has 1 amide bonds. The number of methoxy groups -OCH3 is 2. The van der Waals surface area contributed by atoms with Gasteiger partial charge in [-0.1, -0.05) is 30.3 Å². The Hall–Kier alpha value is -2.14. The van der Waals surface area contributed by atoms with E-state index >= 15 is 0 Å². The van der Waals surface area contributed by atoms with E-state index in [-0.39, 0.29) is 5.91 Å². The molecule has 1 N–H and O–H groups in total. The number of ether oxygens (including phenoxy) is 2. The zero-order valence-corrected chi connectivity index (χ0v) is 13.5. The van der Waals surface area contributed by atoms with Crippen LogP contribution >= 0.6 is 11.8 Å². The topological polar surface area (TPSA) is 47.6 Å². The van der Waals surface area contributed by atoms with Crippen molar-refractivity contribution < 1.29 is 14.3 Å². The monoisotopic (exact) mass is 317 g/mol. The number of amides is 1. The molecule has 2 aromatic rings. The van der Waals surface area contributed by atoms with Gasteiger partial charge in [0.2, 0.25) is 5.91 Å². The van der Waals surface area contributed by atoms with Crippen LogP contribution in [0.2, 0.25) is 0 Å². The molecule has 0 spiro atoms. The van der Waals surface area contributed by atoms with E-state index in [1.54, 1.807) is 44.2 Å². The lowest BCUT2D eigenvalue weighted by molar-refractivity contribution is -0.113. The molecule has 4 nitrogen and oxygen atoms in total. The van der Waals surface area contributed by atoms with E-state index in [0.717, 1.165) is 5.75 Å². The van der Waals surface area contributed by atoms with Gasteiger partial charge in [-0.05, 0) is 17.7 Å². The zero-order valence-electron chi connectivity index (χ0n) is 12.7. The van der Waals surface area contributed by atoms with Crippen molar-refractivity contribution in [2.24, 2.45) is 0 Å². The van der Waals surface area contributed by atoms with E-state index in [1.165, 1.54) is 5.56 Å². The number of hydrogen-bond donors (Lipinski definition) is 1. The Kier molecular flexibility index (Phi) is 6.15. The predicted molar refractivity (Wildman–Crippen MR) is 90.8 cm³/mol. The second-order valence-electron chi connectivity index (χ2n) is 4.59. The van der Waals surface area contributed by atoms with Gasteiger partial charge in [0.25, 0.3) is 0 Å². The predicted octanol–water partition coefficient (Wildman–Crippen LogP) is 3.58. The molecule has 0 fully saturated rings. The third-order valence-corrected chi connectivity index (χ3v) is 4.03. The van der Waals surface area contributed by atoms with Gasteiger partial charge in [-0.3, -0.25) is 4.79 Å². The zero-order chi connectivity index (χ0) is 15.8. The van der Waals surface area contributed by atoms with Crippen LogP contribution in [0.3, 0.4) is 0 Å². The van der Waals surface area contributed by atoms with Crippen LogP contribution in [0.4, 0.5) is 5.69 Å². The van der Waals surface area contributed by atoms with Gasteiger partial charge in [0, 0.05) is 11.8 Å². The minimum absolute atomic E-state index is 0.0625. The van der Waals surface area contributed by atoms with Crippen molar-refractivity contribution >= 4 is 23.4 Å². The summed E-state index contributed by atoms with van der Waals surface area (Å²) < 4.78 is 10.4. The van der Waals surface area contributed by atoms with Crippen LogP contribution < -0.4 is 14.8 Å². The summed E-state index contributed by atoms with van der Waals surface area (Å²) in [6.45, 7) is 0. The fourth-order valence-electron chi connectivity index (χ4n) is 1.93. The third-order valence-electron chi connectivity index (χ3n) is 3.03. The molecule has 0 atom stereocenters. The highest BCUT2D eigenvalue weighted by Crippen LogP contribution is 2.29. The van der Waals surface area contributed by atoms with Crippen LogP contribution in [-0.2, 0) is 10.5 Å². The Morgan fingerprint density at radius 1 is 1.09 bits per heavy atom. The summed E-state index contributed by atoms with van der Waals surface area (Å²) in [7, 11) is 3.16. The van der Waals surface area contributed by atoms with Gasteiger partial charge >= 0.3 is 0 Å². The average Bonchev–Trinajstić information content (AvgIpc) is 2.55. The molecular formula is C17H19NO3S. The lowest BCUT2D eigenvalue weighted by Gasteiger charge is -2.11. The highest BCUT2D eigenvalue weighted by atomic mass is 32.2. The molecule has 0 aliphatic rings. The largest absolute Gasteiger partial charge is 0.497 e. The molecule has 0 aliphatic heterocycles. The number of carbonyl (C=O) groups is 1. The maximum Gasteiger partial charge on any atom is 0.234 e. The standard InChI is InChI=1S/C17H19NO3S/c1-20-14-8-9-16(21-2)15(10-14)18-17(19)12-22-11-13-6-4-3-5-7-13/h3-10H,11-12H2,1-2H3,(H,18,19). The van der Waals surface area contributed by atoms with E-state index < -0.39 is 0 Å². The molecule has 0 saturated carbocycles. The van der Waals surface area contributed by atoms with Crippen molar-refractivity contribution in [2.75, 3.05) is 25.3 Å². The molecule has 22 heavy (non-hydrogen) atoms. The lowest BCUT2D eigenvalue weighted by atomic mass is 10.2.